The minimum atomic E-state index is -0.345. The first-order valence-corrected chi connectivity index (χ1v) is 8.74. The fraction of sp³-hybridized carbons (Fsp3) is 0.526. The lowest BCUT2D eigenvalue weighted by Gasteiger charge is -2.28. The Morgan fingerprint density at radius 3 is 2.54 bits per heavy atom. The zero-order chi connectivity index (χ0) is 16.6. The zero-order valence-electron chi connectivity index (χ0n) is 13.9. The second-order valence-corrected chi connectivity index (χ2v) is 7.12. The van der Waals surface area contributed by atoms with Crippen LogP contribution in [0.4, 0.5) is 5.69 Å². The number of aliphatic hydroxyl groups excluding tert-OH is 1. The monoisotopic (exact) mass is 328 g/mol. The van der Waals surface area contributed by atoms with Gasteiger partial charge >= 0.3 is 0 Å². The molecule has 24 heavy (non-hydrogen) atoms. The molecule has 3 aliphatic rings. The number of benzene rings is 1. The summed E-state index contributed by atoms with van der Waals surface area (Å²) in [7, 11) is 0. The molecule has 0 bridgehead atoms. The summed E-state index contributed by atoms with van der Waals surface area (Å²) in [5.74, 6) is -0.00455. The summed E-state index contributed by atoms with van der Waals surface area (Å²) in [4.78, 5) is 16.4. The lowest BCUT2D eigenvalue weighted by Crippen LogP contribution is -2.36. The summed E-state index contributed by atoms with van der Waals surface area (Å²) in [6, 6.07) is 8.26. The van der Waals surface area contributed by atoms with Gasteiger partial charge in [0.2, 0.25) is 5.91 Å². The molecule has 1 unspecified atom stereocenters. The first kappa shape index (κ1) is 15.7. The number of amides is 1. The number of morpholine rings is 1. The van der Waals surface area contributed by atoms with Crippen LogP contribution in [-0.4, -0.2) is 61.4 Å². The van der Waals surface area contributed by atoms with E-state index in [0.717, 1.165) is 44.7 Å². The number of ether oxygens (including phenoxy) is 1. The van der Waals surface area contributed by atoms with Gasteiger partial charge in [-0.2, -0.15) is 0 Å². The third-order valence-electron chi connectivity index (χ3n) is 5.50. The fourth-order valence-corrected chi connectivity index (χ4v) is 3.66. The zero-order valence-corrected chi connectivity index (χ0v) is 13.9. The standard InChI is InChI=1S/C19H24N2O3/c22-17-13-21(14-19(17)7-8-19)18(23)6-3-15-1-4-16(5-2-15)20-9-11-24-12-10-20/h1-6,17,22H,7-14H2/b6-3+. The highest BCUT2D eigenvalue weighted by Gasteiger charge is 2.55. The van der Waals surface area contributed by atoms with Gasteiger partial charge in [0.05, 0.1) is 19.3 Å². The number of hydrogen-bond acceptors (Lipinski definition) is 4. The average Bonchev–Trinajstić information content (AvgIpc) is 3.33. The van der Waals surface area contributed by atoms with Crippen LogP contribution in [0.1, 0.15) is 18.4 Å². The van der Waals surface area contributed by atoms with Crippen molar-refractivity contribution in [2.24, 2.45) is 5.41 Å². The second kappa shape index (κ2) is 6.22. The molecule has 1 amide bonds. The van der Waals surface area contributed by atoms with E-state index in [1.165, 1.54) is 5.69 Å². The van der Waals surface area contributed by atoms with Crippen molar-refractivity contribution in [2.75, 3.05) is 44.3 Å². The number of likely N-dealkylation sites (tertiary alicyclic amines) is 1. The van der Waals surface area contributed by atoms with Crippen LogP contribution < -0.4 is 4.90 Å². The van der Waals surface area contributed by atoms with E-state index in [1.54, 1.807) is 11.0 Å². The predicted octanol–water partition coefficient (Wildman–Crippen LogP) is 1.52. The number of carbonyl (C=O) groups excluding carboxylic acids is 1. The van der Waals surface area contributed by atoms with E-state index in [-0.39, 0.29) is 17.4 Å². The molecule has 1 aromatic carbocycles. The fourth-order valence-electron chi connectivity index (χ4n) is 3.66. The van der Waals surface area contributed by atoms with Crippen molar-refractivity contribution in [3.8, 4) is 0 Å². The molecule has 1 aliphatic carbocycles. The van der Waals surface area contributed by atoms with Gasteiger partial charge in [-0.1, -0.05) is 12.1 Å². The van der Waals surface area contributed by atoms with Crippen molar-refractivity contribution in [2.45, 2.75) is 18.9 Å². The molecule has 5 heteroatoms. The molecule has 2 saturated heterocycles. The van der Waals surface area contributed by atoms with E-state index in [1.807, 2.05) is 18.2 Å². The van der Waals surface area contributed by atoms with Crippen LogP contribution in [0.3, 0.4) is 0 Å². The maximum absolute atomic E-state index is 12.3. The molecule has 3 fully saturated rings. The van der Waals surface area contributed by atoms with Crippen LogP contribution in [0.15, 0.2) is 30.3 Å². The predicted molar refractivity (Wildman–Crippen MR) is 92.8 cm³/mol. The Bertz CT molecular complexity index is 631. The minimum absolute atomic E-state index is 0.00455. The van der Waals surface area contributed by atoms with Crippen molar-refractivity contribution < 1.29 is 14.6 Å². The van der Waals surface area contributed by atoms with Gasteiger partial charge < -0.3 is 19.6 Å². The summed E-state index contributed by atoms with van der Waals surface area (Å²) < 4.78 is 5.37. The molecule has 1 N–H and O–H groups in total. The number of anilines is 1. The first-order chi connectivity index (χ1) is 11.7. The number of rotatable bonds is 3. The van der Waals surface area contributed by atoms with Crippen LogP contribution >= 0.6 is 0 Å². The number of nitrogens with zero attached hydrogens (tertiary/aromatic N) is 2. The quantitative estimate of drug-likeness (QED) is 0.855. The number of β-amino-alcohol motifs (C(OH)–C–C–N with tert-alkyl or cyclic N) is 1. The van der Waals surface area contributed by atoms with Crippen LogP contribution in [0.25, 0.3) is 6.08 Å². The molecule has 0 radical (unpaired) electrons. The van der Waals surface area contributed by atoms with Crippen molar-refractivity contribution in [3.63, 3.8) is 0 Å². The van der Waals surface area contributed by atoms with Gasteiger partial charge in [0.25, 0.3) is 0 Å². The van der Waals surface area contributed by atoms with Crippen molar-refractivity contribution in [1.29, 1.82) is 0 Å². The number of aliphatic hydroxyl groups is 1. The van der Waals surface area contributed by atoms with Gasteiger partial charge in [-0.05, 0) is 36.6 Å². The van der Waals surface area contributed by atoms with Crippen LogP contribution in [0.5, 0.6) is 0 Å². The highest BCUT2D eigenvalue weighted by Crippen LogP contribution is 2.52. The van der Waals surface area contributed by atoms with Gasteiger partial charge in [-0.15, -0.1) is 0 Å². The molecule has 0 aromatic heterocycles. The summed E-state index contributed by atoms with van der Waals surface area (Å²) in [5, 5.41) is 10.0. The molecule has 1 atom stereocenters. The molecule has 5 nitrogen and oxygen atoms in total. The van der Waals surface area contributed by atoms with E-state index in [2.05, 4.69) is 17.0 Å². The normalized spacial score (nSPS) is 25.6. The molecule has 1 aromatic rings. The van der Waals surface area contributed by atoms with Gasteiger partial charge in [0.1, 0.15) is 0 Å². The van der Waals surface area contributed by atoms with Gasteiger partial charge in [0, 0.05) is 43.4 Å². The molecule has 2 heterocycles. The van der Waals surface area contributed by atoms with Crippen molar-refractivity contribution in [1.82, 2.24) is 4.90 Å². The Balaban J connectivity index is 1.36. The Kier molecular flexibility index (Phi) is 4.06. The Morgan fingerprint density at radius 1 is 1.21 bits per heavy atom. The number of carbonyl (C=O) groups is 1. The topological polar surface area (TPSA) is 53.0 Å². The largest absolute Gasteiger partial charge is 0.391 e. The molecule has 4 rings (SSSR count). The van der Waals surface area contributed by atoms with Crippen LogP contribution in [-0.2, 0) is 9.53 Å². The van der Waals surface area contributed by atoms with E-state index < -0.39 is 0 Å². The molecular formula is C19H24N2O3. The van der Waals surface area contributed by atoms with Gasteiger partial charge in [-0.3, -0.25) is 4.79 Å². The van der Waals surface area contributed by atoms with Crippen LogP contribution in [0.2, 0.25) is 0 Å². The van der Waals surface area contributed by atoms with Crippen LogP contribution in [0, 0.1) is 5.41 Å². The first-order valence-electron chi connectivity index (χ1n) is 8.74. The highest BCUT2D eigenvalue weighted by atomic mass is 16.5. The maximum Gasteiger partial charge on any atom is 0.246 e. The highest BCUT2D eigenvalue weighted by molar-refractivity contribution is 5.92. The summed E-state index contributed by atoms with van der Waals surface area (Å²) in [5.41, 5.74) is 2.23. The lowest BCUT2D eigenvalue weighted by molar-refractivity contribution is -0.125. The van der Waals surface area contributed by atoms with E-state index in [0.29, 0.717) is 13.1 Å². The smallest absolute Gasteiger partial charge is 0.246 e. The van der Waals surface area contributed by atoms with Crippen molar-refractivity contribution in [3.05, 3.63) is 35.9 Å². The third kappa shape index (κ3) is 3.06. The molecular weight excluding hydrogens is 304 g/mol. The Morgan fingerprint density at radius 2 is 1.92 bits per heavy atom. The summed E-state index contributed by atoms with van der Waals surface area (Å²) >= 11 is 0. The van der Waals surface area contributed by atoms with Crippen molar-refractivity contribution >= 4 is 17.7 Å². The second-order valence-electron chi connectivity index (χ2n) is 7.12. The number of hydrogen-bond donors (Lipinski definition) is 1. The SMILES string of the molecule is O=C(/C=C/c1ccc(N2CCOCC2)cc1)N1CC(O)C2(CC2)C1. The molecule has 2 aliphatic heterocycles. The van der Waals surface area contributed by atoms with Gasteiger partial charge in [0.15, 0.2) is 0 Å². The minimum Gasteiger partial charge on any atom is -0.391 e. The molecule has 128 valence electrons. The third-order valence-corrected chi connectivity index (χ3v) is 5.50. The summed E-state index contributed by atoms with van der Waals surface area (Å²) in [6.07, 6.45) is 5.23. The summed E-state index contributed by atoms with van der Waals surface area (Å²) in [6.45, 7) is 4.57. The van der Waals surface area contributed by atoms with E-state index >= 15 is 0 Å². The average molecular weight is 328 g/mol. The molecule has 1 spiro atoms. The van der Waals surface area contributed by atoms with E-state index in [4.69, 9.17) is 4.74 Å². The maximum atomic E-state index is 12.3. The Labute approximate surface area is 142 Å². The molecule has 1 saturated carbocycles. The van der Waals surface area contributed by atoms with E-state index in [9.17, 15) is 9.90 Å². The lowest BCUT2D eigenvalue weighted by atomic mass is 10.0. The Hall–Kier alpha value is -1.85. The van der Waals surface area contributed by atoms with Gasteiger partial charge in [-0.25, -0.2) is 0 Å².